The molecule has 9 heteroatoms. The zero-order valence-electron chi connectivity index (χ0n) is 17.2. The molecule has 31 heavy (non-hydrogen) atoms. The van der Waals surface area contributed by atoms with E-state index in [-0.39, 0.29) is 29.8 Å². The molecular weight excluding hydrogens is 404 g/mol. The first-order chi connectivity index (χ1) is 14.8. The summed E-state index contributed by atoms with van der Waals surface area (Å²) in [6, 6.07) is 8.96. The van der Waals surface area contributed by atoms with Gasteiger partial charge in [0.2, 0.25) is 5.91 Å². The number of methoxy groups -OCH3 is 2. The predicted molar refractivity (Wildman–Crippen MR) is 109 cm³/mol. The van der Waals surface area contributed by atoms with Crippen molar-refractivity contribution in [1.29, 1.82) is 0 Å². The van der Waals surface area contributed by atoms with E-state index in [9.17, 15) is 24.0 Å². The number of anilines is 1. The molecule has 0 fully saturated rings. The molecule has 0 bridgehead atoms. The molecule has 0 atom stereocenters. The summed E-state index contributed by atoms with van der Waals surface area (Å²) < 4.78 is 9.35. The van der Waals surface area contributed by atoms with E-state index in [0.29, 0.717) is 11.1 Å². The standard InChI is InChI=1S/C22H20N2O7/c1-12-4-6-14-16(10-12)20(27)24(19(14)26)9-8-18(25)23-17-11-13(21(28)30-2)5-7-15(17)22(29)31-3/h4-7,10-11H,8-9H2,1-3H3,(H,23,25). The van der Waals surface area contributed by atoms with E-state index in [1.165, 1.54) is 32.4 Å². The lowest BCUT2D eigenvalue weighted by Crippen LogP contribution is -2.33. The SMILES string of the molecule is COC(=O)c1ccc(C(=O)OC)c(NC(=O)CCN2C(=O)c3ccc(C)cc3C2=O)c1. The molecule has 160 valence electrons. The van der Waals surface area contributed by atoms with E-state index in [2.05, 4.69) is 10.1 Å². The highest BCUT2D eigenvalue weighted by Gasteiger charge is 2.35. The Morgan fingerprint density at radius 1 is 0.903 bits per heavy atom. The van der Waals surface area contributed by atoms with Crippen molar-refractivity contribution in [2.24, 2.45) is 0 Å². The fourth-order valence-electron chi connectivity index (χ4n) is 3.21. The van der Waals surface area contributed by atoms with Gasteiger partial charge in [-0.1, -0.05) is 11.6 Å². The van der Waals surface area contributed by atoms with E-state index in [0.717, 1.165) is 10.5 Å². The summed E-state index contributed by atoms with van der Waals surface area (Å²) in [6.07, 6.45) is -0.201. The van der Waals surface area contributed by atoms with Crippen LogP contribution in [0.5, 0.6) is 0 Å². The fraction of sp³-hybridized carbons (Fsp3) is 0.227. The summed E-state index contributed by atoms with van der Waals surface area (Å²) in [5.41, 5.74) is 1.68. The van der Waals surface area contributed by atoms with Crippen molar-refractivity contribution < 1.29 is 33.4 Å². The number of ether oxygens (including phenoxy) is 2. The molecule has 1 N–H and O–H groups in total. The molecule has 0 aliphatic carbocycles. The monoisotopic (exact) mass is 424 g/mol. The van der Waals surface area contributed by atoms with E-state index in [1.54, 1.807) is 18.2 Å². The number of fused-ring (bicyclic) bond motifs is 1. The van der Waals surface area contributed by atoms with Crippen LogP contribution in [0.4, 0.5) is 5.69 Å². The Morgan fingerprint density at radius 2 is 1.58 bits per heavy atom. The van der Waals surface area contributed by atoms with Crippen LogP contribution in [0.15, 0.2) is 36.4 Å². The van der Waals surface area contributed by atoms with Crippen LogP contribution in [-0.2, 0) is 14.3 Å². The smallest absolute Gasteiger partial charge is 0.339 e. The van der Waals surface area contributed by atoms with Gasteiger partial charge in [-0.3, -0.25) is 19.3 Å². The van der Waals surface area contributed by atoms with Gasteiger partial charge in [0, 0.05) is 13.0 Å². The summed E-state index contributed by atoms with van der Waals surface area (Å²) in [5.74, 6) is -2.83. The zero-order valence-corrected chi connectivity index (χ0v) is 17.2. The number of benzene rings is 2. The Labute approximate surface area is 177 Å². The normalized spacial score (nSPS) is 12.4. The first-order valence-electron chi connectivity index (χ1n) is 9.34. The van der Waals surface area contributed by atoms with E-state index < -0.39 is 29.7 Å². The molecule has 0 radical (unpaired) electrons. The van der Waals surface area contributed by atoms with Gasteiger partial charge in [-0.2, -0.15) is 0 Å². The third-order valence-electron chi connectivity index (χ3n) is 4.81. The molecule has 0 unspecified atom stereocenters. The number of aryl methyl sites for hydroxylation is 1. The number of amides is 3. The molecule has 1 aliphatic rings. The van der Waals surface area contributed by atoms with Crippen molar-refractivity contribution in [2.45, 2.75) is 13.3 Å². The maximum Gasteiger partial charge on any atom is 0.339 e. The first kappa shape index (κ1) is 21.7. The molecule has 9 nitrogen and oxygen atoms in total. The number of hydrogen-bond donors (Lipinski definition) is 1. The quantitative estimate of drug-likeness (QED) is 0.558. The number of carbonyl (C=O) groups is 5. The Hall–Kier alpha value is -4.01. The lowest BCUT2D eigenvalue weighted by atomic mass is 10.1. The number of carbonyl (C=O) groups excluding carboxylic acids is 5. The van der Waals surface area contributed by atoms with Gasteiger partial charge in [-0.05, 0) is 37.3 Å². The minimum atomic E-state index is -0.706. The molecule has 3 amide bonds. The average molecular weight is 424 g/mol. The number of rotatable bonds is 6. The molecule has 2 aromatic rings. The maximum absolute atomic E-state index is 12.5. The highest BCUT2D eigenvalue weighted by Crippen LogP contribution is 2.24. The van der Waals surface area contributed by atoms with Gasteiger partial charge in [0.05, 0.1) is 42.2 Å². The fourth-order valence-corrected chi connectivity index (χ4v) is 3.21. The van der Waals surface area contributed by atoms with Crippen molar-refractivity contribution in [2.75, 3.05) is 26.1 Å². The summed E-state index contributed by atoms with van der Waals surface area (Å²) >= 11 is 0. The third kappa shape index (κ3) is 4.30. The second-order valence-corrected chi connectivity index (χ2v) is 6.85. The number of imide groups is 1. The number of nitrogens with one attached hydrogen (secondary N) is 1. The van der Waals surface area contributed by atoms with Gasteiger partial charge in [0.25, 0.3) is 11.8 Å². The van der Waals surface area contributed by atoms with Crippen LogP contribution < -0.4 is 5.32 Å². The Morgan fingerprint density at radius 3 is 2.26 bits per heavy atom. The van der Waals surface area contributed by atoms with Gasteiger partial charge in [-0.25, -0.2) is 9.59 Å². The predicted octanol–water partition coefficient (Wildman–Crippen LogP) is 2.19. The topological polar surface area (TPSA) is 119 Å². The largest absolute Gasteiger partial charge is 0.465 e. The molecule has 0 saturated heterocycles. The maximum atomic E-state index is 12.5. The summed E-state index contributed by atoms with van der Waals surface area (Å²) in [7, 11) is 2.39. The lowest BCUT2D eigenvalue weighted by Gasteiger charge is -2.15. The molecular formula is C22H20N2O7. The highest BCUT2D eigenvalue weighted by molar-refractivity contribution is 6.21. The van der Waals surface area contributed by atoms with Crippen LogP contribution in [0, 0.1) is 6.92 Å². The molecule has 2 aromatic carbocycles. The van der Waals surface area contributed by atoms with Crippen molar-refractivity contribution >= 4 is 35.3 Å². The zero-order chi connectivity index (χ0) is 22.7. The van der Waals surface area contributed by atoms with Crippen LogP contribution in [0.2, 0.25) is 0 Å². The molecule has 3 rings (SSSR count). The summed E-state index contributed by atoms with van der Waals surface area (Å²) in [4.78, 5) is 62.3. The van der Waals surface area contributed by atoms with Crippen LogP contribution in [0.3, 0.4) is 0 Å². The second kappa shape index (κ2) is 8.78. The third-order valence-corrected chi connectivity index (χ3v) is 4.81. The van der Waals surface area contributed by atoms with Crippen molar-refractivity contribution in [3.8, 4) is 0 Å². The van der Waals surface area contributed by atoms with Gasteiger partial charge >= 0.3 is 11.9 Å². The van der Waals surface area contributed by atoms with E-state index >= 15 is 0 Å². The summed E-state index contributed by atoms with van der Waals surface area (Å²) in [5, 5.41) is 2.53. The Kier molecular flexibility index (Phi) is 6.15. The lowest BCUT2D eigenvalue weighted by molar-refractivity contribution is -0.116. The van der Waals surface area contributed by atoms with Gasteiger partial charge in [0.1, 0.15) is 0 Å². The van der Waals surface area contributed by atoms with Gasteiger partial charge < -0.3 is 14.8 Å². The molecule has 0 spiro atoms. The van der Waals surface area contributed by atoms with Crippen molar-refractivity contribution in [3.63, 3.8) is 0 Å². The highest BCUT2D eigenvalue weighted by atomic mass is 16.5. The minimum absolute atomic E-state index is 0.0414. The second-order valence-electron chi connectivity index (χ2n) is 6.85. The molecule has 0 saturated carbocycles. The van der Waals surface area contributed by atoms with Gasteiger partial charge in [0.15, 0.2) is 0 Å². The Bertz CT molecular complexity index is 1110. The summed E-state index contributed by atoms with van der Waals surface area (Å²) in [6.45, 7) is 1.68. The van der Waals surface area contributed by atoms with E-state index in [4.69, 9.17) is 4.74 Å². The van der Waals surface area contributed by atoms with Crippen molar-refractivity contribution in [3.05, 3.63) is 64.2 Å². The molecule has 1 aliphatic heterocycles. The molecule has 1 heterocycles. The Balaban J connectivity index is 1.74. The van der Waals surface area contributed by atoms with Gasteiger partial charge in [-0.15, -0.1) is 0 Å². The molecule has 0 aromatic heterocycles. The van der Waals surface area contributed by atoms with Crippen LogP contribution in [0.1, 0.15) is 53.4 Å². The average Bonchev–Trinajstić information content (AvgIpc) is 3.00. The van der Waals surface area contributed by atoms with Crippen LogP contribution in [-0.4, -0.2) is 55.3 Å². The van der Waals surface area contributed by atoms with Crippen LogP contribution >= 0.6 is 0 Å². The van der Waals surface area contributed by atoms with E-state index in [1.807, 2.05) is 6.92 Å². The number of esters is 2. The van der Waals surface area contributed by atoms with Crippen molar-refractivity contribution in [1.82, 2.24) is 4.90 Å². The van der Waals surface area contributed by atoms with Crippen LogP contribution in [0.25, 0.3) is 0 Å². The first-order valence-corrected chi connectivity index (χ1v) is 9.34. The number of nitrogens with zero attached hydrogens (tertiary/aromatic N) is 1. The minimum Gasteiger partial charge on any atom is -0.465 e. The number of hydrogen-bond acceptors (Lipinski definition) is 7.